The number of carbonyl (C=O) groups excluding carboxylic acids is 1. The highest BCUT2D eigenvalue weighted by atomic mass is 32.2. The van der Waals surface area contributed by atoms with Crippen molar-refractivity contribution in [2.45, 2.75) is 30.9 Å². The number of aromatic nitrogens is 1. The van der Waals surface area contributed by atoms with Crippen LogP contribution in [-0.2, 0) is 14.8 Å². The van der Waals surface area contributed by atoms with E-state index in [1.807, 2.05) is 17.5 Å². The van der Waals surface area contributed by atoms with Crippen LogP contribution < -0.4 is 4.72 Å². The lowest BCUT2D eigenvalue weighted by Gasteiger charge is -2.10. The zero-order valence-corrected chi connectivity index (χ0v) is 13.7. The topological polar surface area (TPSA) is 76.1 Å². The highest BCUT2D eigenvalue weighted by Gasteiger charge is 2.26. The summed E-state index contributed by atoms with van der Waals surface area (Å²) in [7, 11) is -3.84. The van der Waals surface area contributed by atoms with Crippen molar-refractivity contribution in [1.82, 2.24) is 9.71 Å². The van der Waals surface area contributed by atoms with E-state index in [0.29, 0.717) is 10.7 Å². The maximum Gasteiger partial charge on any atom is 0.275 e. The molecule has 0 saturated carbocycles. The van der Waals surface area contributed by atoms with E-state index in [4.69, 9.17) is 0 Å². The molecule has 8 heteroatoms. The molecule has 5 nitrogen and oxygen atoms in total. The van der Waals surface area contributed by atoms with Gasteiger partial charge in [0.1, 0.15) is 0 Å². The van der Waals surface area contributed by atoms with Crippen molar-refractivity contribution in [2.24, 2.45) is 0 Å². The Kier molecular flexibility index (Phi) is 4.26. The molecule has 2 aromatic heterocycles. The minimum Gasteiger partial charge on any atom is -0.273 e. The van der Waals surface area contributed by atoms with E-state index in [-0.39, 0.29) is 4.21 Å². The summed E-state index contributed by atoms with van der Waals surface area (Å²) in [6.45, 7) is 5.03. The second-order valence-electron chi connectivity index (χ2n) is 4.31. The minimum atomic E-state index is -3.84. The van der Waals surface area contributed by atoms with Crippen LogP contribution in [0.2, 0.25) is 0 Å². The van der Waals surface area contributed by atoms with Crippen LogP contribution in [0.3, 0.4) is 0 Å². The van der Waals surface area contributed by atoms with Gasteiger partial charge in [-0.3, -0.25) is 4.79 Å². The van der Waals surface area contributed by atoms with Gasteiger partial charge in [-0.15, -0.1) is 22.7 Å². The lowest BCUT2D eigenvalue weighted by atomic mass is 10.1. The minimum absolute atomic E-state index is 0.0988. The van der Waals surface area contributed by atoms with Gasteiger partial charge >= 0.3 is 0 Å². The molecule has 0 bridgehead atoms. The van der Waals surface area contributed by atoms with Gasteiger partial charge in [0.25, 0.3) is 10.0 Å². The first-order chi connectivity index (χ1) is 9.31. The maximum atomic E-state index is 12.2. The smallest absolute Gasteiger partial charge is 0.273 e. The van der Waals surface area contributed by atoms with Crippen LogP contribution in [0.25, 0.3) is 0 Å². The molecule has 0 aliphatic heterocycles. The molecule has 20 heavy (non-hydrogen) atoms. The number of hydrogen-bond donors (Lipinski definition) is 1. The van der Waals surface area contributed by atoms with Crippen molar-refractivity contribution < 1.29 is 13.2 Å². The predicted molar refractivity (Wildman–Crippen MR) is 79.7 cm³/mol. The summed E-state index contributed by atoms with van der Waals surface area (Å²) in [5.41, 5.74) is 0.413. The van der Waals surface area contributed by atoms with Crippen LogP contribution >= 0.6 is 22.7 Å². The van der Waals surface area contributed by atoms with Gasteiger partial charge in [-0.1, -0.05) is 6.07 Å². The van der Waals surface area contributed by atoms with Gasteiger partial charge in [0.05, 0.1) is 16.6 Å². The van der Waals surface area contributed by atoms with Crippen molar-refractivity contribution in [3.63, 3.8) is 0 Å². The molecule has 0 aliphatic rings. The molecule has 108 valence electrons. The average Bonchev–Trinajstić information content (AvgIpc) is 2.97. The Morgan fingerprint density at radius 1 is 1.40 bits per heavy atom. The lowest BCUT2D eigenvalue weighted by Crippen LogP contribution is -2.33. The van der Waals surface area contributed by atoms with E-state index in [1.54, 1.807) is 20.8 Å². The number of sulfonamides is 1. The molecule has 2 aromatic rings. The standard InChI is InChI=1S/C12H14N2O3S3/c1-7(10-5-4-6-18-10)11(15)14-20(16,17)12-8(2)13-9(3)19-12/h4-7H,1-3H3,(H,14,15)/t7-/m1/s1. The molecule has 0 spiro atoms. The Morgan fingerprint density at radius 3 is 2.60 bits per heavy atom. The first kappa shape index (κ1) is 15.1. The Balaban J connectivity index is 2.21. The number of aryl methyl sites for hydroxylation is 2. The summed E-state index contributed by atoms with van der Waals surface area (Å²) in [5.74, 6) is -1.03. The predicted octanol–water partition coefficient (Wildman–Crippen LogP) is 2.43. The van der Waals surface area contributed by atoms with Gasteiger partial charge in [0.15, 0.2) is 4.21 Å². The molecule has 0 aliphatic carbocycles. The van der Waals surface area contributed by atoms with E-state index < -0.39 is 21.8 Å². The summed E-state index contributed by atoms with van der Waals surface area (Å²) >= 11 is 2.48. The first-order valence-electron chi connectivity index (χ1n) is 5.85. The molecule has 0 radical (unpaired) electrons. The third-order valence-electron chi connectivity index (χ3n) is 2.70. The van der Waals surface area contributed by atoms with Crippen LogP contribution in [0.1, 0.15) is 28.4 Å². The Hall–Kier alpha value is -1.25. The average molecular weight is 330 g/mol. The Labute approximate surface area is 125 Å². The van der Waals surface area contributed by atoms with Crippen LogP contribution in [-0.4, -0.2) is 19.3 Å². The largest absolute Gasteiger partial charge is 0.275 e. The SMILES string of the molecule is Cc1nc(C)c(S(=O)(=O)NC(=O)[C@H](C)c2cccs2)s1. The lowest BCUT2D eigenvalue weighted by molar-refractivity contribution is -0.120. The molecule has 1 N–H and O–H groups in total. The third kappa shape index (κ3) is 3.08. The molecule has 2 heterocycles. The van der Waals surface area contributed by atoms with Gasteiger partial charge in [-0.25, -0.2) is 18.1 Å². The zero-order valence-electron chi connectivity index (χ0n) is 11.2. The van der Waals surface area contributed by atoms with Crippen LogP contribution in [0.5, 0.6) is 0 Å². The normalized spacial score (nSPS) is 13.2. The number of thiophene rings is 1. The van der Waals surface area contributed by atoms with Gasteiger partial charge in [0.2, 0.25) is 5.91 Å². The van der Waals surface area contributed by atoms with Crippen molar-refractivity contribution >= 4 is 38.6 Å². The van der Waals surface area contributed by atoms with E-state index in [2.05, 4.69) is 9.71 Å². The fraction of sp³-hybridized carbons (Fsp3) is 0.333. The van der Waals surface area contributed by atoms with Gasteiger partial charge in [0, 0.05) is 4.88 Å². The van der Waals surface area contributed by atoms with E-state index in [0.717, 1.165) is 16.2 Å². The van der Waals surface area contributed by atoms with Crippen molar-refractivity contribution in [1.29, 1.82) is 0 Å². The summed E-state index contributed by atoms with van der Waals surface area (Å²) < 4.78 is 26.6. The number of amides is 1. The van der Waals surface area contributed by atoms with Crippen LogP contribution in [0.4, 0.5) is 0 Å². The van der Waals surface area contributed by atoms with E-state index in [1.165, 1.54) is 11.3 Å². The monoisotopic (exact) mass is 330 g/mol. The van der Waals surface area contributed by atoms with Crippen molar-refractivity contribution in [3.05, 3.63) is 33.1 Å². The second-order valence-corrected chi connectivity index (χ2v) is 8.37. The Morgan fingerprint density at radius 2 is 2.10 bits per heavy atom. The van der Waals surface area contributed by atoms with Gasteiger partial charge < -0.3 is 0 Å². The summed E-state index contributed by atoms with van der Waals surface area (Å²) in [6, 6.07) is 3.64. The maximum absolute atomic E-state index is 12.2. The molecular weight excluding hydrogens is 316 g/mol. The molecule has 0 fully saturated rings. The zero-order chi connectivity index (χ0) is 14.9. The first-order valence-corrected chi connectivity index (χ1v) is 9.03. The number of nitrogens with zero attached hydrogens (tertiary/aromatic N) is 1. The van der Waals surface area contributed by atoms with Gasteiger partial charge in [-0.2, -0.15) is 0 Å². The number of thiazole rings is 1. The fourth-order valence-corrected chi connectivity index (χ4v) is 5.02. The van der Waals surface area contributed by atoms with E-state index >= 15 is 0 Å². The highest BCUT2D eigenvalue weighted by Crippen LogP contribution is 2.25. The van der Waals surface area contributed by atoms with Gasteiger partial charge in [-0.05, 0) is 32.2 Å². The molecule has 1 atom stereocenters. The highest BCUT2D eigenvalue weighted by molar-refractivity contribution is 7.92. The van der Waals surface area contributed by atoms with Crippen LogP contribution in [0, 0.1) is 13.8 Å². The number of rotatable bonds is 4. The molecule has 0 unspecified atom stereocenters. The fourth-order valence-electron chi connectivity index (χ4n) is 1.70. The summed E-state index contributed by atoms with van der Waals surface area (Å²) in [6.07, 6.45) is 0. The second kappa shape index (κ2) is 5.63. The van der Waals surface area contributed by atoms with Crippen molar-refractivity contribution in [2.75, 3.05) is 0 Å². The molecule has 1 amide bonds. The quantitative estimate of drug-likeness (QED) is 0.934. The van der Waals surface area contributed by atoms with E-state index in [9.17, 15) is 13.2 Å². The van der Waals surface area contributed by atoms with Crippen LogP contribution in [0.15, 0.2) is 21.7 Å². The van der Waals surface area contributed by atoms with Crippen molar-refractivity contribution in [3.8, 4) is 0 Å². The molecule has 0 saturated heterocycles. The number of carbonyl (C=O) groups is 1. The summed E-state index contributed by atoms with van der Waals surface area (Å²) in [4.78, 5) is 16.9. The third-order valence-corrected chi connectivity index (χ3v) is 6.79. The molecule has 2 rings (SSSR count). The molecular formula is C12H14N2O3S3. The number of nitrogens with one attached hydrogen (secondary N) is 1. The Bertz CT molecular complexity index is 717. The number of hydrogen-bond acceptors (Lipinski definition) is 6. The summed E-state index contributed by atoms with van der Waals surface area (Å²) in [5, 5.41) is 2.51. The molecule has 0 aromatic carbocycles.